The topological polar surface area (TPSA) is 92.7 Å². The fourth-order valence-corrected chi connectivity index (χ4v) is 5.87. The number of carbonyl (C=O) groups excluding carboxylic acids is 3. The average Bonchev–Trinajstić information content (AvgIpc) is 3.18. The Morgan fingerprint density at radius 2 is 1.74 bits per heavy atom. The average molecular weight is 595 g/mol. The standard InChI is InChI=1S/C19H18I2O6/c1-8(2)18(24)27-16-12(20)6-11(7-13(16)21)19(25)26-15-10-4-3-9(5-10)14(15)17(22)23/h6-7,9-10,14-15H,1,3-5H2,2H3,(H,22,23)/p-1. The number of carbonyl (C=O) groups is 3. The number of halogens is 2. The van der Waals surface area contributed by atoms with E-state index in [9.17, 15) is 19.5 Å². The molecule has 27 heavy (non-hydrogen) atoms. The van der Waals surface area contributed by atoms with E-state index in [-0.39, 0.29) is 17.4 Å². The number of hydrogen-bond acceptors (Lipinski definition) is 6. The number of esters is 2. The predicted molar refractivity (Wildman–Crippen MR) is 111 cm³/mol. The molecular formula is C19H17I2O6-. The number of carboxylic acid groups (broad SMARTS) is 1. The first-order valence-electron chi connectivity index (χ1n) is 8.47. The van der Waals surface area contributed by atoms with E-state index in [0.717, 1.165) is 19.3 Å². The first kappa shape index (κ1) is 20.6. The van der Waals surface area contributed by atoms with Crippen LogP contribution >= 0.6 is 45.2 Å². The zero-order valence-electron chi connectivity index (χ0n) is 14.5. The third kappa shape index (κ3) is 4.15. The van der Waals surface area contributed by atoms with E-state index in [1.165, 1.54) is 0 Å². The van der Waals surface area contributed by atoms with Gasteiger partial charge in [-0.3, -0.25) is 0 Å². The quantitative estimate of drug-likeness (QED) is 0.225. The second kappa shape index (κ2) is 8.06. The predicted octanol–water partition coefficient (Wildman–Crippen LogP) is 2.70. The first-order chi connectivity index (χ1) is 12.7. The number of aliphatic carboxylic acids is 1. The molecule has 0 aliphatic heterocycles. The van der Waals surface area contributed by atoms with Crippen LogP contribution in [0.5, 0.6) is 5.75 Å². The van der Waals surface area contributed by atoms with Crippen LogP contribution in [0.2, 0.25) is 0 Å². The molecule has 0 aromatic heterocycles. The van der Waals surface area contributed by atoms with Gasteiger partial charge in [0.05, 0.1) is 12.7 Å². The van der Waals surface area contributed by atoms with Gasteiger partial charge >= 0.3 is 11.9 Å². The van der Waals surface area contributed by atoms with Crippen LogP contribution in [0, 0.1) is 24.9 Å². The fraction of sp³-hybridized carbons (Fsp3) is 0.421. The third-order valence-electron chi connectivity index (χ3n) is 5.13. The molecule has 0 saturated heterocycles. The second-order valence-corrected chi connectivity index (χ2v) is 9.31. The van der Waals surface area contributed by atoms with Crippen molar-refractivity contribution in [1.29, 1.82) is 0 Å². The summed E-state index contributed by atoms with van der Waals surface area (Å²) in [6.07, 6.45) is 1.84. The largest absolute Gasteiger partial charge is 0.550 e. The molecular weight excluding hydrogens is 578 g/mol. The zero-order valence-corrected chi connectivity index (χ0v) is 18.8. The van der Waals surface area contributed by atoms with E-state index < -0.39 is 29.9 Å². The molecule has 6 nitrogen and oxygen atoms in total. The van der Waals surface area contributed by atoms with E-state index in [1.54, 1.807) is 19.1 Å². The van der Waals surface area contributed by atoms with Crippen molar-refractivity contribution in [2.45, 2.75) is 32.3 Å². The summed E-state index contributed by atoms with van der Waals surface area (Å²) in [6, 6.07) is 3.13. The molecule has 4 atom stereocenters. The number of ether oxygens (including phenoxy) is 2. The Morgan fingerprint density at radius 1 is 1.15 bits per heavy atom. The molecule has 0 amide bonds. The normalized spacial score (nSPS) is 25.9. The van der Waals surface area contributed by atoms with Gasteiger partial charge in [0.1, 0.15) is 6.10 Å². The maximum atomic E-state index is 12.6. The molecule has 0 heterocycles. The van der Waals surface area contributed by atoms with Crippen molar-refractivity contribution >= 4 is 63.1 Å². The van der Waals surface area contributed by atoms with Gasteiger partial charge in [0.15, 0.2) is 5.75 Å². The smallest absolute Gasteiger partial charge is 0.338 e. The summed E-state index contributed by atoms with van der Waals surface area (Å²) < 4.78 is 12.0. The maximum Gasteiger partial charge on any atom is 0.338 e. The molecule has 4 unspecified atom stereocenters. The van der Waals surface area contributed by atoms with Crippen LogP contribution in [0.25, 0.3) is 0 Å². The summed E-state index contributed by atoms with van der Waals surface area (Å²) in [5, 5.41) is 11.5. The monoisotopic (exact) mass is 595 g/mol. The summed E-state index contributed by atoms with van der Waals surface area (Å²) in [5.74, 6) is -2.54. The summed E-state index contributed by atoms with van der Waals surface area (Å²) in [5.41, 5.74) is 0.563. The van der Waals surface area contributed by atoms with Crippen LogP contribution in [-0.4, -0.2) is 24.0 Å². The molecule has 2 bridgehead atoms. The van der Waals surface area contributed by atoms with Crippen molar-refractivity contribution in [3.05, 3.63) is 37.0 Å². The highest BCUT2D eigenvalue weighted by atomic mass is 127. The van der Waals surface area contributed by atoms with Gasteiger partial charge in [-0.2, -0.15) is 0 Å². The van der Waals surface area contributed by atoms with Gasteiger partial charge < -0.3 is 19.4 Å². The Bertz CT molecular complexity index is 810. The first-order valence-corrected chi connectivity index (χ1v) is 10.6. The van der Waals surface area contributed by atoms with Crippen LogP contribution < -0.4 is 9.84 Å². The molecule has 2 aliphatic rings. The highest BCUT2D eigenvalue weighted by molar-refractivity contribution is 14.1. The number of rotatable bonds is 5. The van der Waals surface area contributed by atoms with E-state index in [1.807, 2.05) is 45.2 Å². The Kier molecular flexibility index (Phi) is 6.14. The minimum Gasteiger partial charge on any atom is -0.550 e. The van der Waals surface area contributed by atoms with Crippen molar-refractivity contribution in [1.82, 2.24) is 0 Å². The summed E-state index contributed by atoms with van der Waals surface area (Å²) in [7, 11) is 0. The van der Waals surface area contributed by atoms with Crippen LogP contribution in [-0.2, 0) is 14.3 Å². The van der Waals surface area contributed by atoms with Crippen molar-refractivity contribution in [3.8, 4) is 5.75 Å². The van der Waals surface area contributed by atoms with Crippen molar-refractivity contribution < 1.29 is 29.0 Å². The molecule has 0 spiro atoms. The molecule has 2 saturated carbocycles. The van der Waals surface area contributed by atoms with Crippen molar-refractivity contribution in [3.63, 3.8) is 0 Å². The molecule has 0 N–H and O–H groups in total. The highest BCUT2D eigenvalue weighted by Crippen LogP contribution is 2.50. The minimum atomic E-state index is -1.15. The van der Waals surface area contributed by atoms with Crippen molar-refractivity contribution in [2.24, 2.45) is 17.8 Å². The summed E-state index contributed by atoms with van der Waals surface area (Å²) in [4.78, 5) is 35.9. The Labute approximate surface area is 184 Å². The summed E-state index contributed by atoms with van der Waals surface area (Å²) in [6.45, 7) is 5.10. The lowest BCUT2D eigenvalue weighted by atomic mass is 9.86. The third-order valence-corrected chi connectivity index (χ3v) is 6.74. The lowest BCUT2D eigenvalue weighted by molar-refractivity contribution is -0.315. The van der Waals surface area contributed by atoms with Crippen LogP contribution in [0.15, 0.2) is 24.3 Å². The minimum absolute atomic E-state index is 0.0296. The molecule has 0 radical (unpaired) electrons. The number of benzene rings is 1. The Balaban J connectivity index is 1.78. The molecule has 1 aromatic carbocycles. The highest BCUT2D eigenvalue weighted by Gasteiger charge is 2.50. The Hall–Kier alpha value is -1.17. The van der Waals surface area contributed by atoms with E-state index in [0.29, 0.717) is 18.5 Å². The number of hydrogen-bond donors (Lipinski definition) is 0. The SMILES string of the molecule is C=C(C)C(=O)Oc1c(I)cc(C(=O)OC2C3CCC(C3)C2C(=O)[O-])cc1I. The molecule has 2 aliphatic carbocycles. The maximum absolute atomic E-state index is 12.6. The van der Waals surface area contributed by atoms with Crippen molar-refractivity contribution in [2.75, 3.05) is 0 Å². The van der Waals surface area contributed by atoms with Gasteiger partial charge in [-0.15, -0.1) is 0 Å². The molecule has 2 fully saturated rings. The van der Waals surface area contributed by atoms with Gasteiger partial charge in [-0.1, -0.05) is 6.58 Å². The fourth-order valence-electron chi connectivity index (χ4n) is 3.88. The number of carboxylic acids is 1. The molecule has 8 heteroatoms. The molecule has 1 aromatic rings. The van der Waals surface area contributed by atoms with Gasteiger partial charge in [0, 0.05) is 17.5 Å². The van der Waals surface area contributed by atoms with Gasteiger partial charge in [-0.05, 0) is 95.3 Å². The van der Waals surface area contributed by atoms with E-state index >= 15 is 0 Å². The zero-order chi connectivity index (χ0) is 19.9. The van der Waals surface area contributed by atoms with Crippen LogP contribution in [0.1, 0.15) is 36.5 Å². The van der Waals surface area contributed by atoms with E-state index in [2.05, 4.69) is 6.58 Å². The summed E-state index contributed by atoms with van der Waals surface area (Å²) >= 11 is 3.95. The van der Waals surface area contributed by atoms with Crippen LogP contribution in [0.4, 0.5) is 0 Å². The van der Waals surface area contributed by atoms with Crippen LogP contribution in [0.3, 0.4) is 0 Å². The molecule has 144 valence electrons. The number of fused-ring (bicyclic) bond motifs is 2. The second-order valence-electron chi connectivity index (χ2n) is 6.99. The van der Waals surface area contributed by atoms with Gasteiger partial charge in [-0.25, -0.2) is 9.59 Å². The lowest BCUT2D eigenvalue weighted by Gasteiger charge is -2.31. The molecule has 3 rings (SSSR count). The Morgan fingerprint density at radius 3 is 2.30 bits per heavy atom. The lowest BCUT2D eigenvalue weighted by Crippen LogP contribution is -2.44. The van der Waals surface area contributed by atoms with E-state index in [4.69, 9.17) is 9.47 Å². The van der Waals surface area contributed by atoms with Gasteiger partial charge in [0.2, 0.25) is 0 Å². The van der Waals surface area contributed by atoms with Gasteiger partial charge in [0.25, 0.3) is 0 Å².